The minimum absolute atomic E-state index is 0.0935. The molecular weight excluding hydrogens is 282 g/mol. The Bertz CT molecular complexity index is 538. The molecule has 4 rings (SSSR count). The molecule has 1 amide bonds. The molecule has 3 saturated carbocycles. The second-order valence-electron chi connectivity index (χ2n) is 9.46. The molecule has 128 valence electrons. The number of carbonyl (C=O) groups excluding carboxylic acids is 1. The predicted molar refractivity (Wildman–Crippen MR) is 93.6 cm³/mol. The highest BCUT2D eigenvalue weighted by molar-refractivity contribution is 5.74. The van der Waals surface area contributed by atoms with Crippen LogP contribution in [0.5, 0.6) is 0 Å². The first-order chi connectivity index (χ1) is 10.9. The SMILES string of the molecule is C[C@]12CC[C@H]3[C@@H](CC=C4CCCC[C@@]43C)[C@@H]1CC[C@@H]2CC(N)=O. The Labute approximate surface area is 141 Å². The van der Waals surface area contributed by atoms with Crippen molar-refractivity contribution in [2.24, 2.45) is 40.2 Å². The molecule has 2 nitrogen and oxygen atoms in total. The van der Waals surface area contributed by atoms with E-state index in [0.29, 0.717) is 23.2 Å². The molecule has 0 radical (unpaired) electrons. The first-order valence-electron chi connectivity index (χ1n) is 9.93. The minimum atomic E-state index is -0.0935. The van der Waals surface area contributed by atoms with Crippen LogP contribution < -0.4 is 5.73 Å². The summed E-state index contributed by atoms with van der Waals surface area (Å²) < 4.78 is 0. The zero-order valence-corrected chi connectivity index (χ0v) is 14.9. The van der Waals surface area contributed by atoms with Crippen molar-refractivity contribution in [3.8, 4) is 0 Å². The van der Waals surface area contributed by atoms with Gasteiger partial charge in [0.2, 0.25) is 5.91 Å². The molecule has 4 aliphatic carbocycles. The summed E-state index contributed by atoms with van der Waals surface area (Å²) in [6, 6.07) is 0. The van der Waals surface area contributed by atoms with Gasteiger partial charge in [0.25, 0.3) is 0 Å². The highest BCUT2D eigenvalue weighted by Crippen LogP contribution is 2.66. The molecule has 0 saturated heterocycles. The van der Waals surface area contributed by atoms with E-state index in [0.717, 1.165) is 17.8 Å². The summed E-state index contributed by atoms with van der Waals surface area (Å²) in [5, 5.41) is 0. The van der Waals surface area contributed by atoms with Gasteiger partial charge in [0, 0.05) is 6.42 Å². The van der Waals surface area contributed by atoms with Crippen LogP contribution in [-0.2, 0) is 4.79 Å². The lowest BCUT2D eigenvalue weighted by Crippen LogP contribution is -2.49. The van der Waals surface area contributed by atoms with E-state index in [1.165, 1.54) is 57.8 Å². The molecule has 0 aromatic rings. The fourth-order valence-electron chi connectivity index (χ4n) is 7.39. The van der Waals surface area contributed by atoms with Crippen molar-refractivity contribution in [1.82, 2.24) is 0 Å². The van der Waals surface area contributed by atoms with Crippen molar-refractivity contribution in [3.63, 3.8) is 0 Å². The average Bonchev–Trinajstić information content (AvgIpc) is 2.83. The van der Waals surface area contributed by atoms with E-state index in [4.69, 9.17) is 5.73 Å². The molecule has 0 bridgehead atoms. The van der Waals surface area contributed by atoms with Crippen molar-refractivity contribution < 1.29 is 4.79 Å². The van der Waals surface area contributed by atoms with Gasteiger partial charge in [-0.3, -0.25) is 4.79 Å². The molecule has 0 aromatic heterocycles. The maximum absolute atomic E-state index is 11.5. The van der Waals surface area contributed by atoms with E-state index in [2.05, 4.69) is 19.9 Å². The first-order valence-corrected chi connectivity index (χ1v) is 9.93. The van der Waals surface area contributed by atoms with Gasteiger partial charge in [0.05, 0.1) is 0 Å². The lowest BCUT2D eigenvalue weighted by atomic mass is 9.47. The summed E-state index contributed by atoms with van der Waals surface area (Å²) in [4.78, 5) is 11.5. The van der Waals surface area contributed by atoms with Crippen LogP contribution in [0.3, 0.4) is 0 Å². The summed E-state index contributed by atoms with van der Waals surface area (Å²) in [7, 11) is 0. The molecule has 2 heteroatoms. The van der Waals surface area contributed by atoms with Crippen molar-refractivity contribution in [2.45, 2.75) is 78.1 Å². The molecule has 0 heterocycles. The second-order valence-corrected chi connectivity index (χ2v) is 9.46. The van der Waals surface area contributed by atoms with Gasteiger partial charge in [-0.25, -0.2) is 0 Å². The molecule has 0 aliphatic heterocycles. The zero-order chi connectivity index (χ0) is 16.2. The molecule has 4 aliphatic rings. The fourth-order valence-corrected chi connectivity index (χ4v) is 7.39. The third kappa shape index (κ3) is 2.23. The molecule has 6 atom stereocenters. The lowest BCUT2D eigenvalue weighted by molar-refractivity contribution is -0.120. The third-order valence-electron chi connectivity index (χ3n) is 8.66. The van der Waals surface area contributed by atoms with Crippen LogP contribution in [0.4, 0.5) is 0 Å². The molecule has 0 spiro atoms. The summed E-state index contributed by atoms with van der Waals surface area (Å²) in [5.74, 6) is 3.02. The fraction of sp³-hybridized carbons (Fsp3) is 0.857. The zero-order valence-electron chi connectivity index (χ0n) is 14.9. The number of rotatable bonds is 2. The number of allylic oxidation sites excluding steroid dienone is 2. The summed E-state index contributed by atoms with van der Waals surface area (Å²) in [6.07, 6.45) is 15.4. The monoisotopic (exact) mass is 315 g/mol. The molecule has 23 heavy (non-hydrogen) atoms. The summed E-state index contributed by atoms with van der Waals surface area (Å²) in [6.45, 7) is 5.06. The van der Waals surface area contributed by atoms with Gasteiger partial charge < -0.3 is 5.73 Å². The molecule has 3 fully saturated rings. The maximum atomic E-state index is 11.5. The Balaban J connectivity index is 1.62. The van der Waals surface area contributed by atoms with E-state index >= 15 is 0 Å². The predicted octanol–water partition coefficient (Wildman–Crippen LogP) is 4.83. The Morgan fingerprint density at radius 3 is 2.78 bits per heavy atom. The van der Waals surface area contributed by atoms with Gasteiger partial charge in [-0.2, -0.15) is 0 Å². The van der Waals surface area contributed by atoms with Crippen molar-refractivity contribution >= 4 is 5.91 Å². The number of primary amides is 1. The van der Waals surface area contributed by atoms with E-state index in [1.54, 1.807) is 5.57 Å². The van der Waals surface area contributed by atoms with E-state index in [9.17, 15) is 4.79 Å². The lowest BCUT2D eigenvalue weighted by Gasteiger charge is -2.57. The maximum Gasteiger partial charge on any atom is 0.217 e. The largest absolute Gasteiger partial charge is 0.370 e. The van der Waals surface area contributed by atoms with Gasteiger partial charge in [0.15, 0.2) is 0 Å². The quantitative estimate of drug-likeness (QED) is 0.729. The van der Waals surface area contributed by atoms with Crippen LogP contribution in [0.1, 0.15) is 78.1 Å². The van der Waals surface area contributed by atoms with E-state index in [1.807, 2.05) is 0 Å². The smallest absolute Gasteiger partial charge is 0.217 e. The van der Waals surface area contributed by atoms with Crippen LogP contribution in [-0.4, -0.2) is 5.91 Å². The summed E-state index contributed by atoms with van der Waals surface area (Å²) >= 11 is 0. The number of nitrogens with two attached hydrogens (primary N) is 1. The van der Waals surface area contributed by atoms with Crippen LogP contribution in [0.25, 0.3) is 0 Å². The minimum Gasteiger partial charge on any atom is -0.370 e. The highest BCUT2D eigenvalue weighted by Gasteiger charge is 2.58. The van der Waals surface area contributed by atoms with Gasteiger partial charge >= 0.3 is 0 Å². The van der Waals surface area contributed by atoms with E-state index < -0.39 is 0 Å². The number of carbonyl (C=O) groups is 1. The second kappa shape index (κ2) is 5.36. The van der Waals surface area contributed by atoms with E-state index in [-0.39, 0.29) is 5.91 Å². The number of hydrogen-bond acceptors (Lipinski definition) is 1. The van der Waals surface area contributed by atoms with Crippen LogP contribution in [0.2, 0.25) is 0 Å². The normalized spacial score (nSPS) is 48.9. The number of amides is 1. The van der Waals surface area contributed by atoms with Crippen molar-refractivity contribution in [1.29, 1.82) is 0 Å². The standard InChI is InChI=1S/C21H33NO/c1-20-11-4-3-5-14(20)6-8-16-17-9-7-15(13-19(22)23)21(17,2)12-10-18(16)20/h6,15-18H,3-5,7-13H2,1-2H3,(H2,22,23)/t15-,16+,17+,18+,20+,21-/m1/s1. The van der Waals surface area contributed by atoms with Gasteiger partial charge in [-0.15, -0.1) is 0 Å². The van der Waals surface area contributed by atoms with Crippen LogP contribution in [0.15, 0.2) is 11.6 Å². The first kappa shape index (κ1) is 15.7. The number of hydrogen-bond donors (Lipinski definition) is 1. The molecule has 2 N–H and O–H groups in total. The Morgan fingerprint density at radius 2 is 2.00 bits per heavy atom. The van der Waals surface area contributed by atoms with Crippen LogP contribution >= 0.6 is 0 Å². The Kier molecular flexibility index (Phi) is 3.66. The molecule has 0 aromatic carbocycles. The van der Waals surface area contributed by atoms with Gasteiger partial charge in [-0.1, -0.05) is 31.9 Å². The average molecular weight is 316 g/mol. The van der Waals surface area contributed by atoms with Crippen molar-refractivity contribution in [3.05, 3.63) is 11.6 Å². The topological polar surface area (TPSA) is 43.1 Å². The summed E-state index contributed by atoms with van der Waals surface area (Å²) in [5.41, 5.74) is 8.19. The van der Waals surface area contributed by atoms with Crippen LogP contribution in [0, 0.1) is 34.5 Å². The highest BCUT2D eigenvalue weighted by atomic mass is 16.1. The molecular formula is C21H33NO. The third-order valence-corrected chi connectivity index (χ3v) is 8.66. The molecule has 0 unspecified atom stereocenters. The Hall–Kier alpha value is -0.790. The van der Waals surface area contributed by atoms with Crippen molar-refractivity contribution in [2.75, 3.05) is 0 Å². The van der Waals surface area contributed by atoms with Gasteiger partial charge in [-0.05, 0) is 85.9 Å². The van der Waals surface area contributed by atoms with Gasteiger partial charge in [0.1, 0.15) is 0 Å². The number of fused-ring (bicyclic) bond motifs is 5. The Morgan fingerprint density at radius 1 is 1.17 bits per heavy atom.